The fraction of sp³-hybridized carbons (Fsp3) is 0.462. The van der Waals surface area contributed by atoms with Gasteiger partial charge >= 0.3 is 0 Å². The van der Waals surface area contributed by atoms with Crippen molar-refractivity contribution in [2.45, 2.75) is 19.5 Å². The Balaban J connectivity index is 2.56. The minimum absolute atomic E-state index is 0.179. The molecule has 0 aliphatic rings. The number of benzene rings is 1. The quantitative estimate of drug-likeness (QED) is 0.700. The van der Waals surface area contributed by atoms with Gasteiger partial charge in [-0.2, -0.15) is 0 Å². The highest BCUT2D eigenvalue weighted by Crippen LogP contribution is 2.17. The van der Waals surface area contributed by atoms with Crippen molar-refractivity contribution in [3.8, 4) is 5.75 Å². The van der Waals surface area contributed by atoms with Crippen LogP contribution in [0.15, 0.2) is 24.3 Å². The molecule has 0 spiro atoms. The highest BCUT2D eigenvalue weighted by molar-refractivity contribution is 5.80. The molecular weight excluding hydrogens is 232 g/mol. The number of nitrogens with one attached hydrogen (secondary N) is 1. The number of hydrogen-bond donors (Lipinski definition) is 2. The van der Waals surface area contributed by atoms with E-state index in [2.05, 4.69) is 5.32 Å². The summed E-state index contributed by atoms with van der Waals surface area (Å²) >= 11 is 0. The molecule has 0 radical (unpaired) electrons. The molecule has 0 saturated heterocycles. The average molecular weight is 252 g/mol. The minimum Gasteiger partial charge on any atom is -0.491 e. The van der Waals surface area contributed by atoms with E-state index in [9.17, 15) is 4.79 Å². The van der Waals surface area contributed by atoms with E-state index in [1.54, 1.807) is 14.0 Å². The Kier molecular flexibility index (Phi) is 6.18. The van der Waals surface area contributed by atoms with Gasteiger partial charge in [0.2, 0.25) is 5.91 Å². The van der Waals surface area contributed by atoms with Crippen molar-refractivity contribution in [3.63, 3.8) is 0 Å². The normalized spacial score (nSPS) is 11.9. The monoisotopic (exact) mass is 252 g/mol. The Labute approximate surface area is 107 Å². The number of carbonyl (C=O) groups is 1. The van der Waals surface area contributed by atoms with Crippen LogP contribution in [-0.4, -0.2) is 32.3 Å². The van der Waals surface area contributed by atoms with Gasteiger partial charge in [0.25, 0.3) is 0 Å². The Bertz CT molecular complexity index is 380. The van der Waals surface area contributed by atoms with Crippen molar-refractivity contribution in [2.75, 3.05) is 20.3 Å². The molecule has 1 aromatic rings. The maximum atomic E-state index is 11.4. The molecule has 5 nitrogen and oxygen atoms in total. The van der Waals surface area contributed by atoms with Gasteiger partial charge in [0.05, 0.1) is 12.6 Å². The Hall–Kier alpha value is -1.59. The summed E-state index contributed by atoms with van der Waals surface area (Å²) in [7, 11) is 1.62. The lowest BCUT2D eigenvalue weighted by Gasteiger charge is -2.12. The lowest BCUT2D eigenvalue weighted by Crippen LogP contribution is -2.37. The van der Waals surface area contributed by atoms with Crippen LogP contribution in [0.25, 0.3) is 0 Å². The zero-order valence-corrected chi connectivity index (χ0v) is 10.8. The summed E-state index contributed by atoms with van der Waals surface area (Å²) < 4.78 is 10.5. The molecule has 0 saturated carbocycles. The van der Waals surface area contributed by atoms with Crippen molar-refractivity contribution in [1.29, 1.82) is 0 Å². The SMILES string of the molecule is COCCOc1ccccc1CNC(=O)[C@@H](C)N. The summed E-state index contributed by atoms with van der Waals surface area (Å²) in [6.07, 6.45) is 0. The molecule has 1 aromatic carbocycles. The van der Waals surface area contributed by atoms with Crippen molar-refractivity contribution in [2.24, 2.45) is 5.73 Å². The average Bonchev–Trinajstić information content (AvgIpc) is 2.37. The fourth-order valence-electron chi connectivity index (χ4n) is 1.37. The van der Waals surface area contributed by atoms with E-state index >= 15 is 0 Å². The molecular formula is C13H20N2O3. The van der Waals surface area contributed by atoms with Crippen LogP contribution in [0.3, 0.4) is 0 Å². The minimum atomic E-state index is -0.508. The molecule has 5 heteroatoms. The van der Waals surface area contributed by atoms with E-state index in [4.69, 9.17) is 15.2 Å². The largest absolute Gasteiger partial charge is 0.491 e. The number of ether oxygens (including phenoxy) is 2. The van der Waals surface area contributed by atoms with Gasteiger partial charge in [-0.25, -0.2) is 0 Å². The second kappa shape index (κ2) is 7.68. The first-order chi connectivity index (χ1) is 8.65. The molecule has 100 valence electrons. The molecule has 0 aromatic heterocycles. The smallest absolute Gasteiger partial charge is 0.236 e. The van der Waals surface area contributed by atoms with Gasteiger partial charge in [-0.1, -0.05) is 18.2 Å². The van der Waals surface area contributed by atoms with Crippen molar-refractivity contribution in [1.82, 2.24) is 5.32 Å². The molecule has 18 heavy (non-hydrogen) atoms. The lowest BCUT2D eigenvalue weighted by molar-refractivity contribution is -0.122. The van der Waals surface area contributed by atoms with E-state index in [-0.39, 0.29) is 5.91 Å². The van der Waals surface area contributed by atoms with Crippen LogP contribution in [0.1, 0.15) is 12.5 Å². The molecule has 0 bridgehead atoms. The number of hydrogen-bond acceptors (Lipinski definition) is 4. The molecule has 1 amide bonds. The predicted molar refractivity (Wildman–Crippen MR) is 69.3 cm³/mol. The lowest BCUT2D eigenvalue weighted by atomic mass is 10.2. The summed E-state index contributed by atoms with van der Waals surface area (Å²) in [6, 6.07) is 7.05. The molecule has 1 rings (SSSR count). The van der Waals surface area contributed by atoms with Crippen LogP contribution in [0.5, 0.6) is 5.75 Å². The van der Waals surface area contributed by atoms with Crippen LogP contribution < -0.4 is 15.8 Å². The zero-order valence-electron chi connectivity index (χ0n) is 10.8. The van der Waals surface area contributed by atoms with E-state index in [1.807, 2.05) is 24.3 Å². The van der Waals surface area contributed by atoms with E-state index < -0.39 is 6.04 Å². The van der Waals surface area contributed by atoms with Gasteiger partial charge in [-0.15, -0.1) is 0 Å². The van der Waals surface area contributed by atoms with Gasteiger partial charge < -0.3 is 20.5 Å². The summed E-state index contributed by atoms with van der Waals surface area (Å²) in [5.74, 6) is 0.571. The van der Waals surface area contributed by atoms with Crippen molar-refractivity contribution >= 4 is 5.91 Å². The third-order valence-electron chi connectivity index (χ3n) is 2.38. The number of rotatable bonds is 7. The molecule has 0 aliphatic heterocycles. The van der Waals surface area contributed by atoms with Crippen LogP contribution in [0.4, 0.5) is 0 Å². The third-order valence-corrected chi connectivity index (χ3v) is 2.38. The number of amides is 1. The predicted octanol–water partition coefficient (Wildman–Crippen LogP) is 0.675. The summed E-state index contributed by atoms with van der Waals surface area (Å²) in [5, 5.41) is 2.75. The Morgan fingerprint density at radius 2 is 2.11 bits per heavy atom. The highest BCUT2D eigenvalue weighted by Gasteiger charge is 2.08. The molecule has 1 atom stereocenters. The topological polar surface area (TPSA) is 73.6 Å². The highest BCUT2D eigenvalue weighted by atomic mass is 16.5. The number of para-hydroxylation sites is 1. The number of nitrogens with two attached hydrogens (primary N) is 1. The van der Waals surface area contributed by atoms with Gasteiger partial charge in [-0.3, -0.25) is 4.79 Å². The number of methoxy groups -OCH3 is 1. The molecule has 0 aliphatic carbocycles. The van der Waals surface area contributed by atoms with E-state index in [0.29, 0.717) is 19.8 Å². The maximum absolute atomic E-state index is 11.4. The van der Waals surface area contributed by atoms with Gasteiger partial charge in [0.15, 0.2) is 0 Å². The van der Waals surface area contributed by atoms with Gasteiger partial charge in [-0.05, 0) is 13.0 Å². The van der Waals surface area contributed by atoms with E-state index in [0.717, 1.165) is 11.3 Å². The van der Waals surface area contributed by atoms with E-state index in [1.165, 1.54) is 0 Å². The van der Waals surface area contributed by atoms with Crippen LogP contribution in [0, 0.1) is 0 Å². The zero-order chi connectivity index (χ0) is 13.4. The van der Waals surface area contributed by atoms with Crippen molar-refractivity contribution in [3.05, 3.63) is 29.8 Å². The molecule has 3 N–H and O–H groups in total. The maximum Gasteiger partial charge on any atom is 0.236 e. The molecule has 0 fully saturated rings. The molecule has 0 heterocycles. The van der Waals surface area contributed by atoms with Gasteiger partial charge in [0, 0.05) is 19.2 Å². The molecule has 0 unspecified atom stereocenters. The second-order valence-electron chi connectivity index (χ2n) is 3.96. The third kappa shape index (κ3) is 4.73. The van der Waals surface area contributed by atoms with Crippen molar-refractivity contribution < 1.29 is 14.3 Å². The van der Waals surface area contributed by atoms with Crippen LogP contribution >= 0.6 is 0 Å². The van der Waals surface area contributed by atoms with Crippen LogP contribution in [0.2, 0.25) is 0 Å². The fourth-order valence-corrected chi connectivity index (χ4v) is 1.37. The first-order valence-corrected chi connectivity index (χ1v) is 5.88. The first kappa shape index (κ1) is 14.5. The summed E-state index contributed by atoms with van der Waals surface area (Å²) in [5.41, 5.74) is 6.40. The standard InChI is InChI=1S/C13H20N2O3/c1-10(14)13(16)15-9-11-5-3-4-6-12(11)18-8-7-17-2/h3-6,10H,7-9,14H2,1-2H3,(H,15,16)/t10-/m1/s1. The second-order valence-corrected chi connectivity index (χ2v) is 3.96. The Morgan fingerprint density at radius 3 is 2.78 bits per heavy atom. The summed E-state index contributed by atoms with van der Waals surface area (Å²) in [4.78, 5) is 11.4. The number of carbonyl (C=O) groups excluding carboxylic acids is 1. The van der Waals surface area contributed by atoms with Gasteiger partial charge in [0.1, 0.15) is 12.4 Å². The van der Waals surface area contributed by atoms with Crippen LogP contribution in [-0.2, 0) is 16.1 Å². The Morgan fingerprint density at radius 1 is 1.39 bits per heavy atom. The summed E-state index contributed by atoms with van der Waals surface area (Å²) in [6.45, 7) is 3.06. The first-order valence-electron chi connectivity index (χ1n) is 5.88.